The van der Waals surface area contributed by atoms with Gasteiger partial charge in [-0.1, -0.05) is 0 Å². The summed E-state index contributed by atoms with van der Waals surface area (Å²) in [6, 6.07) is 6.03. The van der Waals surface area contributed by atoms with E-state index in [0.717, 1.165) is 30.9 Å². The fourth-order valence-corrected chi connectivity index (χ4v) is 3.93. The minimum atomic E-state index is -0.274. The number of aromatic nitrogens is 1. The van der Waals surface area contributed by atoms with E-state index in [-0.39, 0.29) is 17.6 Å². The number of carbonyl (C=O) groups excluding carboxylic acids is 1. The van der Waals surface area contributed by atoms with Gasteiger partial charge in [-0.15, -0.1) is 11.3 Å². The Morgan fingerprint density at radius 1 is 1.38 bits per heavy atom. The lowest BCUT2D eigenvalue weighted by Crippen LogP contribution is -2.41. The third-order valence-electron chi connectivity index (χ3n) is 4.33. The number of halogens is 1. The minimum Gasteiger partial charge on any atom is -0.493 e. The number of rotatable bonds is 6. The molecule has 3 rings (SSSR count). The summed E-state index contributed by atoms with van der Waals surface area (Å²) in [7, 11) is 3.97. The first kappa shape index (κ1) is 18.8. The number of benzene rings is 1. The van der Waals surface area contributed by atoms with Gasteiger partial charge in [-0.2, -0.15) is 0 Å². The zero-order chi connectivity index (χ0) is 18.5. The van der Waals surface area contributed by atoms with Crippen molar-refractivity contribution in [3.8, 4) is 5.75 Å². The molecule has 1 aromatic heterocycles. The Kier molecular flexibility index (Phi) is 6.21. The summed E-state index contributed by atoms with van der Waals surface area (Å²) in [6.07, 6.45) is 1.98. The van der Waals surface area contributed by atoms with Gasteiger partial charge in [0.2, 0.25) is 0 Å². The standard InChI is InChI=1S/C19H24FN3O2S/c1-22(2)11-18-21-17(13-26-18)19(24)23-9-3-4-14(10-23)12-25-16-7-5-15(20)6-8-16/h5-8,13-14H,3-4,9-12H2,1-2H3/t14-/m1/s1. The summed E-state index contributed by atoms with van der Waals surface area (Å²) in [5, 5.41) is 2.80. The van der Waals surface area contributed by atoms with Crippen LogP contribution in [-0.2, 0) is 6.54 Å². The molecule has 5 nitrogen and oxygen atoms in total. The van der Waals surface area contributed by atoms with Gasteiger partial charge in [-0.05, 0) is 51.2 Å². The lowest BCUT2D eigenvalue weighted by atomic mass is 9.98. The molecule has 7 heteroatoms. The first-order chi connectivity index (χ1) is 12.5. The molecule has 0 radical (unpaired) electrons. The van der Waals surface area contributed by atoms with Crippen molar-refractivity contribution in [3.63, 3.8) is 0 Å². The van der Waals surface area contributed by atoms with E-state index in [4.69, 9.17) is 4.74 Å². The number of thiazole rings is 1. The van der Waals surface area contributed by atoms with Gasteiger partial charge in [0.1, 0.15) is 22.3 Å². The van der Waals surface area contributed by atoms with Crippen LogP contribution in [0.2, 0.25) is 0 Å². The summed E-state index contributed by atoms with van der Waals surface area (Å²) in [6.45, 7) is 2.69. The Morgan fingerprint density at radius 2 is 2.15 bits per heavy atom. The van der Waals surface area contributed by atoms with E-state index >= 15 is 0 Å². The quantitative estimate of drug-likeness (QED) is 0.775. The lowest BCUT2D eigenvalue weighted by molar-refractivity contribution is 0.0628. The molecular weight excluding hydrogens is 353 g/mol. The van der Waals surface area contributed by atoms with Crippen molar-refractivity contribution in [2.45, 2.75) is 19.4 Å². The van der Waals surface area contributed by atoms with E-state index in [9.17, 15) is 9.18 Å². The molecule has 0 unspecified atom stereocenters. The summed E-state index contributed by atoms with van der Waals surface area (Å²) >= 11 is 1.52. The van der Waals surface area contributed by atoms with Gasteiger partial charge in [0, 0.05) is 30.9 Å². The number of hydrogen-bond donors (Lipinski definition) is 0. The van der Waals surface area contributed by atoms with Crippen molar-refractivity contribution in [2.24, 2.45) is 5.92 Å². The molecule has 1 atom stereocenters. The molecule has 0 saturated carbocycles. The zero-order valence-corrected chi connectivity index (χ0v) is 16.0. The maximum atomic E-state index is 12.9. The van der Waals surface area contributed by atoms with E-state index in [1.165, 1.54) is 23.5 Å². The second-order valence-electron chi connectivity index (χ2n) is 6.89. The summed E-state index contributed by atoms with van der Waals surface area (Å²) in [5.74, 6) is 0.654. The van der Waals surface area contributed by atoms with Crippen molar-refractivity contribution < 1.29 is 13.9 Å². The van der Waals surface area contributed by atoms with Gasteiger partial charge < -0.3 is 14.5 Å². The van der Waals surface area contributed by atoms with Crippen LogP contribution in [0.4, 0.5) is 4.39 Å². The first-order valence-corrected chi connectivity index (χ1v) is 9.66. The van der Waals surface area contributed by atoms with Crippen molar-refractivity contribution >= 4 is 17.2 Å². The number of piperidine rings is 1. The van der Waals surface area contributed by atoms with Gasteiger partial charge >= 0.3 is 0 Å². The van der Waals surface area contributed by atoms with E-state index in [0.29, 0.717) is 24.6 Å². The molecule has 0 N–H and O–H groups in total. The van der Waals surface area contributed by atoms with Gasteiger partial charge in [-0.3, -0.25) is 4.79 Å². The highest BCUT2D eigenvalue weighted by Crippen LogP contribution is 2.21. The van der Waals surface area contributed by atoms with Crippen molar-refractivity contribution in [3.05, 3.63) is 46.2 Å². The lowest BCUT2D eigenvalue weighted by Gasteiger charge is -2.32. The average molecular weight is 377 g/mol. The maximum Gasteiger partial charge on any atom is 0.273 e. The molecule has 1 aromatic carbocycles. The van der Waals surface area contributed by atoms with Gasteiger partial charge in [0.25, 0.3) is 5.91 Å². The van der Waals surface area contributed by atoms with Crippen LogP contribution in [0.25, 0.3) is 0 Å². The number of likely N-dealkylation sites (tertiary alicyclic amines) is 1. The molecule has 140 valence electrons. The van der Waals surface area contributed by atoms with E-state index in [1.54, 1.807) is 12.1 Å². The smallest absolute Gasteiger partial charge is 0.273 e. The Morgan fingerprint density at radius 3 is 2.88 bits per heavy atom. The number of ether oxygens (including phenoxy) is 1. The second kappa shape index (κ2) is 8.60. The molecule has 2 heterocycles. The number of amides is 1. The Bertz CT molecular complexity index is 733. The molecule has 1 amide bonds. The molecule has 1 saturated heterocycles. The molecule has 1 aliphatic rings. The summed E-state index contributed by atoms with van der Waals surface area (Å²) < 4.78 is 18.7. The van der Waals surface area contributed by atoms with Crippen LogP contribution in [0.5, 0.6) is 5.75 Å². The van der Waals surface area contributed by atoms with Crippen molar-refractivity contribution in [2.75, 3.05) is 33.8 Å². The van der Waals surface area contributed by atoms with Crippen LogP contribution < -0.4 is 4.74 Å². The fourth-order valence-electron chi connectivity index (χ4n) is 3.04. The average Bonchev–Trinajstić information content (AvgIpc) is 3.08. The number of hydrogen-bond acceptors (Lipinski definition) is 5. The normalized spacial score (nSPS) is 17.5. The SMILES string of the molecule is CN(C)Cc1nc(C(=O)N2CCC[C@@H](COc3ccc(F)cc3)C2)cs1. The van der Waals surface area contributed by atoms with Crippen LogP contribution in [0.15, 0.2) is 29.6 Å². The molecule has 1 aliphatic heterocycles. The van der Waals surface area contributed by atoms with Gasteiger partial charge in [-0.25, -0.2) is 9.37 Å². The maximum absolute atomic E-state index is 12.9. The van der Waals surface area contributed by atoms with Crippen LogP contribution >= 0.6 is 11.3 Å². The van der Waals surface area contributed by atoms with E-state index in [1.807, 2.05) is 29.3 Å². The van der Waals surface area contributed by atoms with Gasteiger partial charge in [0.15, 0.2) is 0 Å². The molecule has 26 heavy (non-hydrogen) atoms. The highest BCUT2D eigenvalue weighted by atomic mass is 32.1. The summed E-state index contributed by atoms with van der Waals surface area (Å²) in [5.41, 5.74) is 0.534. The van der Waals surface area contributed by atoms with Crippen LogP contribution in [0.3, 0.4) is 0 Å². The highest BCUT2D eigenvalue weighted by Gasteiger charge is 2.26. The number of carbonyl (C=O) groups is 1. The Labute approximate surface area is 157 Å². The third kappa shape index (κ3) is 5.02. The molecular formula is C19H24FN3O2S. The third-order valence-corrected chi connectivity index (χ3v) is 5.16. The predicted octanol–water partition coefficient (Wildman–Crippen LogP) is 3.28. The fraction of sp³-hybridized carbons (Fsp3) is 0.474. The first-order valence-electron chi connectivity index (χ1n) is 8.78. The predicted molar refractivity (Wildman–Crippen MR) is 100 cm³/mol. The molecule has 0 spiro atoms. The van der Waals surface area contributed by atoms with E-state index < -0.39 is 0 Å². The van der Waals surface area contributed by atoms with Gasteiger partial charge in [0.05, 0.1) is 6.61 Å². The topological polar surface area (TPSA) is 45.7 Å². The largest absolute Gasteiger partial charge is 0.493 e. The van der Waals surface area contributed by atoms with Crippen molar-refractivity contribution in [1.82, 2.24) is 14.8 Å². The molecule has 2 aromatic rings. The van der Waals surface area contributed by atoms with Crippen LogP contribution in [0, 0.1) is 11.7 Å². The second-order valence-corrected chi connectivity index (χ2v) is 7.83. The van der Waals surface area contributed by atoms with Crippen LogP contribution in [-0.4, -0.2) is 54.5 Å². The Balaban J connectivity index is 1.54. The van der Waals surface area contributed by atoms with Crippen LogP contribution in [0.1, 0.15) is 28.3 Å². The van der Waals surface area contributed by atoms with E-state index in [2.05, 4.69) is 4.98 Å². The zero-order valence-electron chi connectivity index (χ0n) is 15.2. The molecule has 0 aliphatic carbocycles. The molecule has 1 fully saturated rings. The monoisotopic (exact) mass is 377 g/mol. The molecule has 0 bridgehead atoms. The highest BCUT2D eigenvalue weighted by molar-refractivity contribution is 7.09. The van der Waals surface area contributed by atoms with Crippen molar-refractivity contribution in [1.29, 1.82) is 0 Å². The Hall–Kier alpha value is -1.99. The summed E-state index contributed by atoms with van der Waals surface area (Å²) in [4.78, 5) is 21.1. The number of nitrogens with zero attached hydrogens (tertiary/aromatic N) is 3. The minimum absolute atomic E-state index is 0.00209.